The van der Waals surface area contributed by atoms with Crippen LogP contribution in [-0.4, -0.2) is 16.5 Å². The third kappa shape index (κ3) is 3.12. The van der Waals surface area contributed by atoms with Crippen molar-refractivity contribution in [3.63, 3.8) is 0 Å². The molecule has 0 saturated carbocycles. The average molecular weight is 186 g/mol. The van der Waals surface area contributed by atoms with Crippen LogP contribution in [0.5, 0.6) is 0 Å². The van der Waals surface area contributed by atoms with Crippen molar-refractivity contribution in [2.45, 2.75) is 53.2 Å². The van der Waals surface area contributed by atoms with Crippen molar-refractivity contribution in [1.82, 2.24) is 0 Å². The van der Waals surface area contributed by atoms with Crippen LogP contribution in [0.1, 0.15) is 47.0 Å². The molecule has 0 aliphatic heterocycles. The van der Waals surface area contributed by atoms with E-state index in [1.165, 1.54) is 5.57 Å². The molecule has 0 radical (unpaired) electrons. The number of rotatable bonds is 5. The summed E-state index contributed by atoms with van der Waals surface area (Å²) in [6, 6.07) is 0. The highest BCUT2D eigenvalue weighted by atomic mass is 16.5. The summed E-state index contributed by atoms with van der Waals surface area (Å²) in [5, 5.41) is 18.6. The van der Waals surface area contributed by atoms with E-state index in [9.17, 15) is 10.2 Å². The summed E-state index contributed by atoms with van der Waals surface area (Å²) >= 11 is 0. The largest absolute Gasteiger partial charge is 0.367 e. The quantitative estimate of drug-likeness (QED) is 0.511. The second-order valence-corrected chi connectivity index (χ2v) is 3.66. The van der Waals surface area contributed by atoms with Crippen LogP contribution in [0.4, 0.5) is 0 Å². The summed E-state index contributed by atoms with van der Waals surface area (Å²) in [6.07, 6.45) is 3.26. The third-order valence-electron chi connectivity index (χ3n) is 2.92. The molecular weight excluding hydrogens is 164 g/mol. The second kappa shape index (κ2) is 5.40. The summed E-state index contributed by atoms with van der Waals surface area (Å²) in [5.74, 6) is 0. The first-order valence-corrected chi connectivity index (χ1v) is 5.06. The maximum absolute atomic E-state index is 9.32. The molecule has 0 fully saturated rings. The van der Waals surface area contributed by atoms with Crippen LogP contribution in [0, 0.1) is 5.41 Å². The van der Waals surface area contributed by atoms with Gasteiger partial charge in [0.25, 0.3) is 0 Å². The van der Waals surface area contributed by atoms with Crippen molar-refractivity contribution >= 4 is 0 Å². The maximum Gasteiger partial charge on any atom is 0.160 e. The molecule has 78 valence electrons. The molecule has 13 heavy (non-hydrogen) atoms. The zero-order valence-electron chi connectivity index (χ0n) is 9.17. The van der Waals surface area contributed by atoms with Gasteiger partial charge in [0.05, 0.1) is 0 Å². The lowest BCUT2D eigenvalue weighted by molar-refractivity contribution is -0.118. The van der Waals surface area contributed by atoms with Crippen LogP contribution in [0.3, 0.4) is 0 Å². The molecule has 0 bridgehead atoms. The van der Waals surface area contributed by atoms with Crippen molar-refractivity contribution in [2.24, 2.45) is 5.41 Å². The molecule has 0 atom stereocenters. The van der Waals surface area contributed by atoms with E-state index in [2.05, 4.69) is 6.92 Å². The molecule has 2 heteroatoms. The van der Waals surface area contributed by atoms with Crippen LogP contribution < -0.4 is 0 Å². The van der Waals surface area contributed by atoms with Gasteiger partial charge in [-0.1, -0.05) is 32.4 Å². The predicted molar refractivity (Wildman–Crippen MR) is 55.3 cm³/mol. The van der Waals surface area contributed by atoms with E-state index in [1.54, 1.807) is 0 Å². The SMILES string of the molecule is CCC(C)=CC(CC)(CC)C(O)O. The van der Waals surface area contributed by atoms with Gasteiger partial charge in [0.1, 0.15) is 0 Å². The smallest absolute Gasteiger partial charge is 0.160 e. The van der Waals surface area contributed by atoms with Gasteiger partial charge in [-0.3, -0.25) is 0 Å². The fourth-order valence-corrected chi connectivity index (χ4v) is 1.49. The minimum atomic E-state index is -1.25. The minimum absolute atomic E-state index is 0.444. The molecule has 0 rings (SSSR count). The van der Waals surface area contributed by atoms with Gasteiger partial charge in [0.15, 0.2) is 6.29 Å². The molecule has 0 aliphatic rings. The number of aliphatic hydroxyl groups is 2. The monoisotopic (exact) mass is 186 g/mol. The Bertz CT molecular complexity index is 167. The molecule has 2 nitrogen and oxygen atoms in total. The van der Waals surface area contributed by atoms with Crippen LogP contribution in [0.25, 0.3) is 0 Å². The Balaban J connectivity index is 4.77. The molecule has 0 spiro atoms. The summed E-state index contributed by atoms with van der Waals surface area (Å²) in [4.78, 5) is 0. The molecule has 0 aromatic heterocycles. The average Bonchev–Trinajstić information content (AvgIpc) is 2.13. The lowest BCUT2D eigenvalue weighted by atomic mass is 9.80. The van der Waals surface area contributed by atoms with Crippen LogP contribution in [0.2, 0.25) is 0 Å². The van der Waals surface area contributed by atoms with Crippen molar-refractivity contribution in [3.05, 3.63) is 11.6 Å². The van der Waals surface area contributed by atoms with E-state index in [1.807, 2.05) is 26.8 Å². The van der Waals surface area contributed by atoms with Gasteiger partial charge in [0.2, 0.25) is 0 Å². The van der Waals surface area contributed by atoms with E-state index in [0.29, 0.717) is 0 Å². The zero-order valence-corrected chi connectivity index (χ0v) is 9.17. The Morgan fingerprint density at radius 3 is 1.92 bits per heavy atom. The van der Waals surface area contributed by atoms with Gasteiger partial charge in [-0.05, 0) is 26.2 Å². The highest BCUT2D eigenvalue weighted by Crippen LogP contribution is 2.32. The first-order valence-electron chi connectivity index (χ1n) is 5.06. The topological polar surface area (TPSA) is 40.5 Å². The molecule has 0 unspecified atom stereocenters. The Morgan fingerprint density at radius 2 is 1.69 bits per heavy atom. The summed E-state index contributed by atoms with van der Waals surface area (Å²) in [7, 11) is 0. The fraction of sp³-hybridized carbons (Fsp3) is 0.818. The second-order valence-electron chi connectivity index (χ2n) is 3.66. The molecular formula is C11H22O2. The molecule has 0 aromatic carbocycles. The van der Waals surface area contributed by atoms with E-state index in [4.69, 9.17) is 0 Å². The van der Waals surface area contributed by atoms with E-state index < -0.39 is 11.7 Å². The Hall–Kier alpha value is -0.340. The summed E-state index contributed by atoms with van der Waals surface area (Å²) < 4.78 is 0. The highest BCUT2D eigenvalue weighted by molar-refractivity contribution is 5.07. The Kier molecular flexibility index (Phi) is 5.26. The summed E-state index contributed by atoms with van der Waals surface area (Å²) in [5.41, 5.74) is 0.775. The summed E-state index contributed by atoms with van der Waals surface area (Å²) in [6.45, 7) is 8.08. The Labute approximate surface area is 81.3 Å². The van der Waals surface area contributed by atoms with Crippen molar-refractivity contribution < 1.29 is 10.2 Å². The normalized spacial score (nSPS) is 13.9. The maximum atomic E-state index is 9.32. The first-order chi connectivity index (χ1) is 6.02. The predicted octanol–water partition coefficient (Wildman–Crippen LogP) is 2.46. The number of allylic oxidation sites excluding steroid dienone is 1. The van der Waals surface area contributed by atoms with Crippen LogP contribution in [-0.2, 0) is 0 Å². The van der Waals surface area contributed by atoms with Crippen LogP contribution >= 0.6 is 0 Å². The Morgan fingerprint density at radius 1 is 1.23 bits per heavy atom. The van der Waals surface area contributed by atoms with Gasteiger partial charge in [-0.15, -0.1) is 0 Å². The van der Waals surface area contributed by atoms with Crippen molar-refractivity contribution in [1.29, 1.82) is 0 Å². The van der Waals surface area contributed by atoms with Crippen molar-refractivity contribution in [3.8, 4) is 0 Å². The van der Waals surface area contributed by atoms with Gasteiger partial charge in [-0.2, -0.15) is 0 Å². The molecule has 0 heterocycles. The molecule has 0 amide bonds. The van der Waals surface area contributed by atoms with E-state index >= 15 is 0 Å². The number of hydrogen-bond acceptors (Lipinski definition) is 2. The molecule has 0 saturated heterocycles. The van der Waals surface area contributed by atoms with Gasteiger partial charge in [-0.25, -0.2) is 0 Å². The van der Waals surface area contributed by atoms with Crippen LogP contribution in [0.15, 0.2) is 11.6 Å². The first kappa shape index (κ1) is 12.7. The van der Waals surface area contributed by atoms with Crippen molar-refractivity contribution in [2.75, 3.05) is 0 Å². The van der Waals surface area contributed by atoms with E-state index in [0.717, 1.165) is 19.3 Å². The number of hydrogen-bond donors (Lipinski definition) is 2. The molecule has 0 aromatic rings. The minimum Gasteiger partial charge on any atom is -0.367 e. The molecule has 2 N–H and O–H groups in total. The third-order valence-corrected chi connectivity index (χ3v) is 2.92. The standard InChI is InChI=1S/C11H22O2/c1-5-9(4)8-11(6-2,7-3)10(12)13/h8,10,12-13H,5-7H2,1-4H3. The fourth-order valence-electron chi connectivity index (χ4n) is 1.49. The highest BCUT2D eigenvalue weighted by Gasteiger charge is 2.30. The van der Waals surface area contributed by atoms with Gasteiger partial charge < -0.3 is 10.2 Å². The zero-order chi connectivity index (χ0) is 10.5. The van der Waals surface area contributed by atoms with Gasteiger partial charge in [0, 0.05) is 5.41 Å². The number of aliphatic hydroxyl groups excluding tert-OH is 1. The van der Waals surface area contributed by atoms with E-state index in [-0.39, 0.29) is 0 Å². The van der Waals surface area contributed by atoms with Gasteiger partial charge >= 0.3 is 0 Å². The lowest BCUT2D eigenvalue weighted by Crippen LogP contribution is -2.32. The lowest BCUT2D eigenvalue weighted by Gasteiger charge is -2.30. The molecule has 0 aliphatic carbocycles.